The highest BCUT2D eigenvalue weighted by molar-refractivity contribution is 6.31. The van der Waals surface area contributed by atoms with Gasteiger partial charge in [0, 0.05) is 22.7 Å². The summed E-state index contributed by atoms with van der Waals surface area (Å²) >= 11 is 6.30. The monoisotopic (exact) mass is 589 g/mol. The summed E-state index contributed by atoms with van der Waals surface area (Å²) in [4.78, 5) is 15.7. The Morgan fingerprint density at radius 2 is 1.79 bits per heavy atom. The van der Waals surface area contributed by atoms with E-state index in [1.807, 2.05) is 47.4 Å². The van der Waals surface area contributed by atoms with Crippen LogP contribution in [0.5, 0.6) is 23.0 Å². The van der Waals surface area contributed by atoms with E-state index in [0.29, 0.717) is 58.6 Å². The average molecular weight is 590 g/mol. The fraction of sp³-hybridized carbons (Fsp3) is 0.333. The van der Waals surface area contributed by atoms with Gasteiger partial charge in [-0.15, -0.1) is 0 Å². The van der Waals surface area contributed by atoms with Crippen molar-refractivity contribution in [2.24, 2.45) is 0 Å². The first-order valence-corrected chi connectivity index (χ1v) is 14.6. The number of carbonyl (C=O) groups is 1. The molecule has 0 radical (unpaired) electrons. The predicted molar refractivity (Wildman–Crippen MR) is 163 cm³/mol. The van der Waals surface area contributed by atoms with Crippen molar-refractivity contribution >= 4 is 17.5 Å². The molecule has 3 aromatic carbocycles. The molecular weight excluding hydrogens is 554 g/mol. The molecule has 0 saturated heterocycles. The highest BCUT2D eigenvalue weighted by Gasteiger charge is 2.42. The van der Waals surface area contributed by atoms with Crippen molar-refractivity contribution in [3.05, 3.63) is 88.1 Å². The smallest absolute Gasteiger partial charge is 0.273 e. The number of amides is 1. The van der Waals surface area contributed by atoms with Gasteiger partial charge in [0.25, 0.3) is 5.91 Å². The lowest BCUT2D eigenvalue weighted by Gasteiger charge is -2.27. The number of H-pyrrole nitrogens is 1. The first-order chi connectivity index (χ1) is 20.4. The van der Waals surface area contributed by atoms with Gasteiger partial charge in [0.05, 0.1) is 26.9 Å². The molecule has 2 N–H and O–H groups in total. The molecule has 1 atom stereocenters. The number of ether oxygens (including phenoxy) is 3. The van der Waals surface area contributed by atoms with Crippen LogP contribution in [0.2, 0.25) is 5.02 Å². The number of aromatic hydroxyl groups is 1. The second-order valence-electron chi connectivity index (χ2n) is 10.3. The molecule has 9 heteroatoms. The Morgan fingerprint density at radius 1 is 0.976 bits per heavy atom. The molecular formula is C33H36ClN3O5. The van der Waals surface area contributed by atoms with Gasteiger partial charge in [-0.2, -0.15) is 5.10 Å². The third-order valence-electron chi connectivity index (χ3n) is 7.64. The third-order valence-corrected chi connectivity index (χ3v) is 7.87. The average Bonchev–Trinajstić information content (AvgIpc) is 3.55. The van der Waals surface area contributed by atoms with Crippen LogP contribution in [0.25, 0.3) is 11.3 Å². The van der Waals surface area contributed by atoms with E-state index in [2.05, 4.69) is 17.1 Å². The summed E-state index contributed by atoms with van der Waals surface area (Å²) in [6.07, 6.45) is 5.07. The number of benzene rings is 3. The lowest BCUT2D eigenvalue weighted by atomic mass is 9.95. The molecule has 0 saturated carbocycles. The van der Waals surface area contributed by atoms with Crippen LogP contribution < -0.4 is 14.2 Å². The highest BCUT2D eigenvalue weighted by atomic mass is 35.5. The Balaban J connectivity index is 1.51. The zero-order valence-corrected chi connectivity index (χ0v) is 24.9. The number of phenolic OH excluding ortho intramolecular Hbond substituents is 1. The van der Waals surface area contributed by atoms with Crippen LogP contribution in [-0.4, -0.2) is 53.5 Å². The second kappa shape index (κ2) is 13.2. The Hall–Kier alpha value is -4.17. The summed E-state index contributed by atoms with van der Waals surface area (Å²) in [5, 5.41) is 18.6. The van der Waals surface area contributed by atoms with Crippen molar-refractivity contribution in [2.45, 2.75) is 45.1 Å². The van der Waals surface area contributed by atoms with Crippen LogP contribution in [0.4, 0.5) is 0 Å². The molecule has 220 valence electrons. The van der Waals surface area contributed by atoms with E-state index in [9.17, 15) is 9.90 Å². The van der Waals surface area contributed by atoms with E-state index >= 15 is 0 Å². The van der Waals surface area contributed by atoms with Gasteiger partial charge in [-0.3, -0.25) is 9.89 Å². The summed E-state index contributed by atoms with van der Waals surface area (Å²) in [7, 11) is 3.25. The van der Waals surface area contributed by atoms with Crippen LogP contribution in [0, 0.1) is 0 Å². The highest BCUT2D eigenvalue weighted by Crippen LogP contribution is 2.46. The van der Waals surface area contributed by atoms with E-state index in [0.717, 1.165) is 36.1 Å². The maximum atomic E-state index is 13.8. The number of hydrogen-bond donors (Lipinski definition) is 2. The number of phenols is 1. The molecule has 1 unspecified atom stereocenters. The normalized spacial score (nSPS) is 14.2. The molecule has 42 heavy (non-hydrogen) atoms. The molecule has 0 fully saturated rings. The predicted octanol–water partition coefficient (Wildman–Crippen LogP) is 7.20. The molecule has 2 heterocycles. The van der Waals surface area contributed by atoms with Gasteiger partial charge in [0.1, 0.15) is 22.9 Å². The second-order valence-corrected chi connectivity index (χ2v) is 10.8. The number of halogens is 1. The Kier molecular flexibility index (Phi) is 9.22. The van der Waals surface area contributed by atoms with Crippen molar-refractivity contribution in [1.29, 1.82) is 0 Å². The molecule has 0 aliphatic carbocycles. The van der Waals surface area contributed by atoms with Gasteiger partial charge < -0.3 is 24.2 Å². The number of fused-ring (bicyclic) bond motifs is 1. The van der Waals surface area contributed by atoms with E-state index < -0.39 is 6.04 Å². The minimum atomic E-state index is -0.481. The van der Waals surface area contributed by atoms with E-state index in [1.165, 1.54) is 12.5 Å². The topological polar surface area (TPSA) is 96.9 Å². The number of carbonyl (C=O) groups excluding carboxylic acids is 1. The van der Waals surface area contributed by atoms with Gasteiger partial charge in [0.15, 0.2) is 11.5 Å². The SMILES string of the molecule is CCCCCCOc1ccc(C2c3c(-c4cc(Cl)ccc4O)n[nH]c3C(=O)N2CCc2ccc(OC)cc2)cc1OC. The number of unbranched alkanes of at least 4 members (excludes halogenated alkanes) is 3. The maximum Gasteiger partial charge on any atom is 0.273 e. The molecule has 1 aliphatic heterocycles. The van der Waals surface area contributed by atoms with Crippen LogP contribution in [0.1, 0.15) is 65.8 Å². The maximum absolute atomic E-state index is 13.8. The number of nitrogens with zero attached hydrogens (tertiary/aromatic N) is 2. The van der Waals surface area contributed by atoms with Crippen molar-refractivity contribution in [1.82, 2.24) is 15.1 Å². The number of aromatic nitrogens is 2. The first kappa shape index (κ1) is 29.3. The molecule has 5 rings (SSSR count). The largest absolute Gasteiger partial charge is 0.507 e. The number of aromatic amines is 1. The summed E-state index contributed by atoms with van der Waals surface area (Å²) in [6, 6.07) is 17.9. The van der Waals surface area contributed by atoms with Gasteiger partial charge >= 0.3 is 0 Å². The van der Waals surface area contributed by atoms with E-state index in [-0.39, 0.29) is 11.7 Å². The molecule has 1 amide bonds. The van der Waals surface area contributed by atoms with Crippen LogP contribution in [0.3, 0.4) is 0 Å². The zero-order chi connectivity index (χ0) is 29.6. The fourth-order valence-electron chi connectivity index (χ4n) is 5.40. The molecule has 1 aliphatic rings. The van der Waals surface area contributed by atoms with Crippen molar-refractivity contribution in [3.63, 3.8) is 0 Å². The van der Waals surface area contributed by atoms with Gasteiger partial charge in [-0.25, -0.2) is 0 Å². The van der Waals surface area contributed by atoms with Crippen molar-refractivity contribution in [3.8, 4) is 34.3 Å². The van der Waals surface area contributed by atoms with E-state index in [1.54, 1.807) is 26.4 Å². The molecule has 4 aromatic rings. The zero-order valence-electron chi connectivity index (χ0n) is 24.2. The minimum Gasteiger partial charge on any atom is -0.507 e. The molecule has 0 bridgehead atoms. The fourth-order valence-corrected chi connectivity index (χ4v) is 5.58. The van der Waals surface area contributed by atoms with Crippen LogP contribution >= 0.6 is 11.6 Å². The first-order valence-electron chi connectivity index (χ1n) is 14.3. The lowest BCUT2D eigenvalue weighted by Crippen LogP contribution is -2.31. The van der Waals surface area contributed by atoms with Crippen molar-refractivity contribution < 1.29 is 24.1 Å². The number of hydrogen-bond acceptors (Lipinski definition) is 6. The summed E-state index contributed by atoms with van der Waals surface area (Å²) < 4.78 is 17.1. The van der Waals surface area contributed by atoms with E-state index in [4.69, 9.17) is 25.8 Å². The van der Waals surface area contributed by atoms with Gasteiger partial charge in [0.2, 0.25) is 0 Å². The Morgan fingerprint density at radius 3 is 2.52 bits per heavy atom. The Bertz CT molecular complexity index is 1540. The van der Waals surface area contributed by atoms with Crippen LogP contribution in [0.15, 0.2) is 60.7 Å². The number of nitrogens with one attached hydrogen (secondary N) is 1. The molecule has 8 nitrogen and oxygen atoms in total. The number of methoxy groups -OCH3 is 2. The van der Waals surface area contributed by atoms with Crippen LogP contribution in [-0.2, 0) is 6.42 Å². The summed E-state index contributed by atoms with van der Waals surface area (Å²) in [5.41, 5.74) is 3.92. The van der Waals surface area contributed by atoms with Crippen molar-refractivity contribution in [2.75, 3.05) is 27.4 Å². The summed E-state index contributed by atoms with van der Waals surface area (Å²) in [6.45, 7) is 3.24. The Labute approximate surface area is 251 Å². The lowest BCUT2D eigenvalue weighted by molar-refractivity contribution is 0.0745. The summed E-state index contributed by atoms with van der Waals surface area (Å²) in [5.74, 6) is 1.89. The van der Waals surface area contributed by atoms with Gasteiger partial charge in [-0.1, -0.05) is 56.0 Å². The third kappa shape index (κ3) is 6.04. The molecule has 1 aromatic heterocycles. The minimum absolute atomic E-state index is 0.0287. The standard InChI is InChI=1S/C33H36ClN3O5/c1-4-5-6-7-18-42-27-15-10-22(19-28(27)41-3)32-29-30(25-20-23(34)11-14-26(25)38)35-36-31(29)33(39)37(32)17-16-21-8-12-24(40-2)13-9-21/h8-15,19-20,32,38H,4-7,16-18H2,1-3H3,(H,35,36). The number of rotatable bonds is 13. The quantitative estimate of drug-likeness (QED) is 0.160. The molecule has 0 spiro atoms. The van der Waals surface area contributed by atoms with Gasteiger partial charge in [-0.05, 0) is 66.4 Å².